The lowest BCUT2D eigenvalue weighted by molar-refractivity contribution is -0.117. The zero-order valence-electron chi connectivity index (χ0n) is 17.8. The molecule has 0 bridgehead atoms. The number of hydrogen-bond acceptors (Lipinski definition) is 3. The third-order valence-corrected chi connectivity index (χ3v) is 6.47. The van der Waals surface area contributed by atoms with Crippen LogP contribution in [0, 0.1) is 0 Å². The molecule has 2 aliphatic rings. The van der Waals surface area contributed by atoms with Gasteiger partial charge in [0.15, 0.2) is 0 Å². The molecule has 0 spiro atoms. The molecule has 0 unspecified atom stereocenters. The van der Waals surface area contributed by atoms with Crippen LogP contribution in [0.4, 0.5) is 5.69 Å². The summed E-state index contributed by atoms with van der Waals surface area (Å²) in [4.78, 5) is 31.0. The minimum absolute atomic E-state index is 0.0969. The number of likely N-dealkylation sites (tertiary alicyclic amines) is 1. The number of carbonyl (C=O) groups is 2. The van der Waals surface area contributed by atoms with Gasteiger partial charge in [0.05, 0.1) is 0 Å². The quantitative estimate of drug-likeness (QED) is 0.738. The Hall–Kier alpha value is -2.66. The Kier molecular flexibility index (Phi) is 6.48. The number of benzene rings is 2. The number of carbonyl (C=O) groups excluding carboxylic acids is 2. The molecule has 0 aliphatic carbocycles. The molecule has 30 heavy (non-hydrogen) atoms. The summed E-state index contributed by atoms with van der Waals surface area (Å²) >= 11 is 0. The van der Waals surface area contributed by atoms with Crippen molar-refractivity contribution in [1.29, 1.82) is 0 Å². The third-order valence-electron chi connectivity index (χ3n) is 6.47. The molecule has 2 aromatic rings. The molecule has 158 valence electrons. The van der Waals surface area contributed by atoms with Crippen LogP contribution in [-0.2, 0) is 11.2 Å². The van der Waals surface area contributed by atoms with Crippen molar-refractivity contribution in [1.82, 2.24) is 9.80 Å². The summed E-state index contributed by atoms with van der Waals surface area (Å²) in [5.74, 6) is 0.271. The van der Waals surface area contributed by atoms with Crippen molar-refractivity contribution in [2.75, 3.05) is 38.1 Å². The first-order chi connectivity index (χ1) is 14.6. The summed E-state index contributed by atoms with van der Waals surface area (Å²) in [6.07, 6.45) is 4.61. The summed E-state index contributed by atoms with van der Waals surface area (Å²) in [5, 5.41) is 0. The van der Waals surface area contributed by atoms with E-state index in [1.165, 1.54) is 5.56 Å². The van der Waals surface area contributed by atoms with E-state index in [4.69, 9.17) is 0 Å². The van der Waals surface area contributed by atoms with Crippen molar-refractivity contribution in [3.8, 4) is 0 Å². The lowest BCUT2D eigenvalue weighted by atomic mass is 10.0. The van der Waals surface area contributed by atoms with Gasteiger partial charge in [-0.2, -0.15) is 0 Å². The standard InChI is InChI=1S/C25H31N3O2/c1-26(17-13-20-6-3-2-4-7-20)22-14-18-27(19-15-22)25(30)21-9-11-23(12-10-21)28-16-5-8-24(28)29/h2-4,6-7,9-12,22H,5,8,13-19H2,1H3. The van der Waals surface area contributed by atoms with Gasteiger partial charge in [-0.05, 0) is 62.6 Å². The van der Waals surface area contributed by atoms with Crippen molar-refractivity contribution in [3.63, 3.8) is 0 Å². The van der Waals surface area contributed by atoms with E-state index in [-0.39, 0.29) is 11.8 Å². The first-order valence-electron chi connectivity index (χ1n) is 11.1. The Morgan fingerprint density at radius 1 is 1.00 bits per heavy atom. The molecule has 2 saturated heterocycles. The van der Waals surface area contributed by atoms with Crippen molar-refractivity contribution in [3.05, 3.63) is 65.7 Å². The van der Waals surface area contributed by atoms with Gasteiger partial charge in [-0.15, -0.1) is 0 Å². The molecule has 0 aromatic heterocycles. The van der Waals surface area contributed by atoms with Gasteiger partial charge < -0.3 is 14.7 Å². The van der Waals surface area contributed by atoms with Gasteiger partial charge in [0.2, 0.25) is 5.91 Å². The molecule has 2 aromatic carbocycles. The molecule has 5 nitrogen and oxygen atoms in total. The second-order valence-corrected chi connectivity index (χ2v) is 8.44. The largest absolute Gasteiger partial charge is 0.339 e. The van der Waals surface area contributed by atoms with E-state index in [0.717, 1.165) is 57.5 Å². The van der Waals surface area contributed by atoms with Gasteiger partial charge >= 0.3 is 0 Å². The van der Waals surface area contributed by atoms with Crippen LogP contribution in [0.25, 0.3) is 0 Å². The predicted molar refractivity (Wildman–Crippen MR) is 120 cm³/mol. The fourth-order valence-corrected chi connectivity index (χ4v) is 4.53. The molecule has 0 atom stereocenters. The van der Waals surface area contributed by atoms with Crippen LogP contribution in [-0.4, -0.2) is 60.9 Å². The average Bonchev–Trinajstić information content (AvgIpc) is 3.23. The van der Waals surface area contributed by atoms with E-state index in [1.54, 1.807) is 0 Å². The lowest BCUT2D eigenvalue weighted by Gasteiger charge is -2.37. The van der Waals surface area contributed by atoms with E-state index in [1.807, 2.05) is 34.1 Å². The van der Waals surface area contributed by atoms with Crippen LogP contribution < -0.4 is 4.90 Å². The summed E-state index contributed by atoms with van der Waals surface area (Å²) < 4.78 is 0. The maximum Gasteiger partial charge on any atom is 0.253 e. The first-order valence-corrected chi connectivity index (χ1v) is 11.1. The van der Waals surface area contributed by atoms with Gasteiger partial charge in [0.25, 0.3) is 5.91 Å². The zero-order chi connectivity index (χ0) is 20.9. The van der Waals surface area contributed by atoms with Crippen LogP contribution in [0.3, 0.4) is 0 Å². The topological polar surface area (TPSA) is 43.9 Å². The minimum Gasteiger partial charge on any atom is -0.339 e. The van der Waals surface area contributed by atoms with E-state index in [2.05, 4.69) is 42.3 Å². The summed E-state index contributed by atoms with van der Waals surface area (Å²) in [6.45, 7) is 3.41. The predicted octanol–water partition coefficient (Wildman–Crippen LogP) is 3.59. The highest BCUT2D eigenvalue weighted by Crippen LogP contribution is 2.23. The van der Waals surface area contributed by atoms with Crippen molar-refractivity contribution < 1.29 is 9.59 Å². The Morgan fingerprint density at radius 2 is 1.70 bits per heavy atom. The van der Waals surface area contributed by atoms with Crippen molar-refractivity contribution >= 4 is 17.5 Å². The van der Waals surface area contributed by atoms with Crippen LogP contribution in [0.2, 0.25) is 0 Å². The summed E-state index contributed by atoms with van der Waals surface area (Å²) in [7, 11) is 2.20. The molecule has 5 heteroatoms. The maximum absolute atomic E-state index is 12.9. The summed E-state index contributed by atoms with van der Waals surface area (Å²) in [5.41, 5.74) is 2.98. The fourth-order valence-electron chi connectivity index (χ4n) is 4.53. The maximum atomic E-state index is 12.9. The minimum atomic E-state index is 0.0969. The van der Waals surface area contributed by atoms with Gasteiger partial charge in [-0.3, -0.25) is 9.59 Å². The second-order valence-electron chi connectivity index (χ2n) is 8.44. The number of hydrogen-bond donors (Lipinski definition) is 0. The molecular weight excluding hydrogens is 374 g/mol. The normalized spacial score (nSPS) is 17.7. The summed E-state index contributed by atoms with van der Waals surface area (Å²) in [6, 6.07) is 18.7. The zero-order valence-corrected chi connectivity index (χ0v) is 17.8. The molecular formula is C25H31N3O2. The van der Waals surface area contributed by atoms with Gasteiger partial charge in [0, 0.05) is 49.9 Å². The van der Waals surface area contributed by atoms with Crippen LogP contribution in [0.1, 0.15) is 41.6 Å². The number of piperidine rings is 1. The third kappa shape index (κ3) is 4.73. The van der Waals surface area contributed by atoms with Gasteiger partial charge in [-0.25, -0.2) is 0 Å². The molecule has 4 rings (SSSR count). The molecule has 2 heterocycles. The molecule has 0 saturated carbocycles. The van der Waals surface area contributed by atoms with Crippen molar-refractivity contribution in [2.45, 2.75) is 38.1 Å². The molecule has 0 radical (unpaired) electrons. The molecule has 2 aliphatic heterocycles. The first kappa shape index (κ1) is 20.6. The highest BCUT2D eigenvalue weighted by atomic mass is 16.2. The Balaban J connectivity index is 1.27. The van der Waals surface area contributed by atoms with E-state index in [0.29, 0.717) is 18.0 Å². The Morgan fingerprint density at radius 3 is 2.33 bits per heavy atom. The van der Waals surface area contributed by atoms with Crippen LogP contribution >= 0.6 is 0 Å². The molecule has 2 fully saturated rings. The average molecular weight is 406 g/mol. The highest BCUT2D eigenvalue weighted by Gasteiger charge is 2.26. The van der Waals surface area contributed by atoms with Gasteiger partial charge in [0.1, 0.15) is 0 Å². The fraction of sp³-hybridized carbons (Fsp3) is 0.440. The number of nitrogens with zero attached hydrogens (tertiary/aromatic N) is 3. The van der Waals surface area contributed by atoms with E-state index < -0.39 is 0 Å². The number of anilines is 1. The Labute approximate surface area is 179 Å². The monoisotopic (exact) mass is 405 g/mol. The lowest BCUT2D eigenvalue weighted by Crippen LogP contribution is -2.46. The number of rotatable bonds is 6. The SMILES string of the molecule is CN(CCc1ccccc1)C1CCN(C(=O)c2ccc(N3CCCC3=O)cc2)CC1. The highest BCUT2D eigenvalue weighted by molar-refractivity contribution is 5.97. The smallest absolute Gasteiger partial charge is 0.253 e. The molecule has 2 amide bonds. The Bertz CT molecular complexity index is 858. The number of amides is 2. The number of likely N-dealkylation sites (N-methyl/N-ethyl adjacent to an activating group) is 1. The van der Waals surface area contributed by atoms with Crippen molar-refractivity contribution in [2.24, 2.45) is 0 Å². The second kappa shape index (κ2) is 9.43. The van der Waals surface area contributed by atoms with Gasteiger partial charge in [-0.1, -0.05) is 30.3 Å². The molecule has 0 N–H and O–H groups in total. The van der Waals surface area contributed by atoms with Crippen LogP contribution in [0.15, 0.2) is 54.6 Å². The van der Waals surface area contributed by atoms with Crippen LogP contribution in [0.5, 0.6) is 0 Å². The van der Waals surface area contributed by atoms with E-state index >= 15 is 0 Å². The van der Waals surface area contributed by atoms with E-state index in [9.17, 15) is 9.59 Å².